The van der Waals surface area contributed by atoms with Crippen molar-refractivity contribution in [1.29, 1.82) is 0 Å². The fourth-order valence-electron chi connectivity index (χ4n) is 2.05. The van der Waals surface area contributed by atoms with Gasteiger partial charge in [-0.25, -0.2) is 13.1 Å². The largest absolute Gasteiger partial charge is 0.497 e. The number of benzene rings is 1. The van der Waals surface area contributed by atoms with E-state index in [0.29, 0.717) is 16.8 Å². The maximum absolute atomic E-state index is 12.4. The van der Waals surface area contributed by atoms with Gasteiger partial charge in [0.25, 0.3) is 0 Å². The van der Waals surface area contributed by atoms with Crippen LogP contribution in [0.1, 0.15) is 12.8 Å². The van der Waals surface area contributed by atoms with E-state index in [9.17, 15) is 8.42 Å². The van der Waals surface area contributed by atoms with E-state index < -0.39 is 10.0 Å². The quantitative estimate of drug-likeness (QED) is 0.864. The van der Waals surface area contributed by atoms with Gasteiger partial charge in [0.2, 0.25) is 10.0 Å². The predicted octanol–water partition coefficient (Wildman–Crippen LogP) is 1.49. The van der Waals surface area contributed by atoms with Crippen molar-refractivity contribution >= 4 is 26.0 Å². The Morgan fingerprint density at radius 2 is 2.26 bits per heavy atom. The Morgan fingerprint density at radius 1 is 1.47 bits per heavy atom. The van der Waals surface area contributed by atoms with Gasteiger partial charge >= 0.3 is 0 Å². The monoisotopic (exact) mass is 348 g/mol. The van der Waals surface area contributed by atoms with E-state index in [-0.39, 0.29) is 10.9 Å². The fraction of sp³-hybridized carbons (Fsp3) is 0.500. The molecule has 1 saturated heterocycles. The molecule has 0 aromatic heterocycles. The molecule has 19 heavy (non-hydrogen) atoms. The lowest BCUT2D eigenvalue weighted by Gasteiger charge is -2.24. The number of nitrogens with one attached hydrogen (secondary N) is 2. The summed E-state index contributed by atoms with van der Waals surface area (Å²) in [5, 5.41) is 3.18. The Hall–Kier alpha value is -0.630. The number of piperidine rings is 1. The zero-order chi connectivity index (χ0) is 13.9. The molecule has 7 heteroatoms. The van der Waals surface area contributed by atoms with Crippen LogP contribution in [0.3, 0.4) is 0 Å². The Morgan fingerprint density at radius 3 is 2.89 bits per heavy atom. The van der Waals surface area contributed by atoms with Crippen LogP contribution in [-0.4, -0.2) is 34.7 Å². The summed E-state index contributed by atoms with van der Waals surface area (Å²) in [4.78, 5) is 0.206. The zero-order valence-electron chi connectivity index (χ0n) is 10.6. The first kappa shape index (κ1) is 14.8. The highest BCUT2D eigenvalue weighted by Gasteiger charge is 2.24. The molecule has 1 aliphatic heterocycles. The highest BCUT2D eigenvalue weighted by atomic mass is 79.9. The van der Waals surface area contributed by atoms with Crippen molar-refractivity contribution in [2.24, 2.45) is 0 Å². The number of halogens is 1. The van der Waals surface area contributed by atoms with Gasteiger partial charge in [0, 0.05) is 23.1 Å². The summed E-state index contributed by atoms with van der Waals surface area (Å²) in [6, 6.07) is 4.84. The lowest BCUT2D eigenvalue weighted by Crippen LogP contribution is -2.45. The van der Waals surface area contributed by atoms with Gasteiger partial charge in [-0.1, -0.05) is 0 Å². The molecular weight excluding hydrogens is 332 g/mol. The van der Waals surface area contributed by atoms with Crippen LogP contribution in [0.15, 0.2) is 27.6 Å². The number of hydrogen-bond acceptors (Lipinski definition) is 4. The minimum atomic E-state index is -3.54. The first-order valence-electron chi connectivity index (χ1n) is 6.09. The third kappa shape index (κ3) is 3.68. The van der Waals surface area contributed by atoms with Gasteiger partial charge in [0.1, 0.15) is 5.75 Å². The van der Waals surface area contributed by atoms with E-state index in [1.807, 2.05) is 0 Å². The molecule has 1 atom stereocenters. The first-order valence-corrected chi connectivity index (χ1v) is 8.37. The van der Waals surface area contributed by atoms with Gasteiger partial charge in [-0.3, -0.25) is 0 Å². The minimum absolute atomic E-state index is 0.0585. The van der Waals surface area contributed by atoms with Crippen molar-refractivity contribution in [2.45, 2.75) is 23.8 Å². The van der Waals surface area contributed by atoms with Crippen LogP contribution in [0.4, 0.5) is 0 Å². The van der Waals surface area contributed by atoms with Crippen molar-refractivity contribution < 1.29 is 13.2 Å². The topological polar surface area (TPSA) is 67.4 Å². The van der Waals surface area contributed by atoms with Gasteiger partial charge in [0.05, 0.1) is 12.0 Å². The van der Waals surface area contributed by atoms with Crippen LogP contribution >= 0.6 is 15.9 Å². The summed E-state index contributed by atoms with van der Waals surface area (Å²) in [5.74, 6) is 0.519. The van der Waals surface area contributed by atoms with Crippen molar-refractivity contribution in [3.05, 3.63) is 22.7 Å². The standard InChI is InChI=1S/C12H17BrN2O3S/c1-18-10-4-5-11(13)12(7-10)19(16,17)15-9-3-2-6-14-8-9/h4-5,7,9,14-15H,2-3,6,8H2,1H3/t9-/m1/s1. The second kappa shape index (κ2) is 6.21. The predicted molar refractivity (Wildman–Crippen MR) is 76.9 cm³/mol. The molecule has 1 aromatic rings. The van der Waals surface area contributed by atoms with Crippen LogP contribution in [0.25, 0.3) is 0 Å². The fourth-order valence-corrected chi connectivity index (χ4v) is 4.30. The summed E-state index contributed by atoms with van der Waals surface area (Å²) >= 11 is 3.27. The number of methoxy groups -OCH3 is 1. The van der Waals surface area contributed by atoms with Gasteiger partial charge in [-0.2, -0.15) is 0 Å². The van der Waals surface area contributed by atoms with E-state index in [1.165, 1.54) is 13.2 Å². The molecule has 5 nitrogen and oxygen atoms in total. The molecule has 1 fully saturated rings. The second-order valence-electron chi connectivity index (χ2n) is 4.46. The SMILES string of the molecule is COc1ccc(Br)c(S(=O)(=O)N[C@@H]2CCCNC2)c1. The molecule has 2 N–H and O–H groups in total. The molecule has 0 amide bonds. The molecule has 1 aliphatic rings. The summed E-state index contributed by atoms with van der Waals surface area (Å²) in [6.07, 6.45) is 1.83. The number of rotatable bonds is 4. The van der Waals surface area contributed by atoms with Crippen molar-refractivity contribution in [3.8, 4) is 5.75 Å². The number of ether oxygens (including phenoxy) is 1. The minimum Gasteiger partial charge on any atom is -0.497 e. The number of sulfonamides is 1. The van der Waals surface area contributed by atoms with E-state index in [0.717, 1.165) is 19.4 Å². The van der Waals surface area contributed by atoms with E-state index in [1.54, 1.807) is 12.1 Å². The molecule has 0 aliphatic carbocycles. The summed E-state index contributed by atoms with van der Waals surface area (Å²) in [5.41, 5.74) is 0. The summed E-state index contributed by atoms with van der Waals surface area (Å²) in [6.45, 7) is 1.61. The summed E-state index contributed by atoms with van der Waals surface area (Å²) in [7, 11) is -2.03. The van der Waals surface area contributed by atoms with Gasteiger partial charge in [-0.15, -0.1) is 0 Å². The summed E-state index contributed by atoms with van der Waals surface area (Å²) < 4.78 is 33.1. The van der Waals surface area contributed by atoms with Crippen LogP contribution in [0.5, 0.6) is 5.75 Å². The van der Waals surface area contributed by atoms with Gasteiger partial charge in [0.15, 0.2) is 0 Å². The molecule has 106 valence electrons. The molecule has 1 aromatic carbocycles. The molecule has 1 heterocycles. The Kier molecular flexibility index (Phi) is 4.83. The average Bonchev–Trinajstić information content (AvgIpc) is 2.39. The van der Waals surface area contributed by atoms with Crippen molar-refractivity contribution in [2.75, 3.05) is 20.2 Å². The third-order valence-electron chi connectivity index (χ3n) is 3.05. The number of hydrogen-bond donors (Lipinski definition) is 2. The van der Waals surface area contributed by atoms with Crippen LogP contribution in [-0.2, 0) is 10.0 Å². The van der Waals surface area contributed by atoms with Crippen molar-refractivity contribution in [1.82, 2.24) is 10.0 Å². The maximum atomic E-state index is 12.4. The molecule has 2 rings (SSSR count). The highest BCUT2D eigenvalue weighted by molar-refractivity contribution is 9.10. The van der Waals surface area contributed by atoms with E-state index in [2.05, 4.69) is 26.0 Å². The van der Waals surface area contributed by atoms with Crippen LogP contribution < -0.4 is 14.8 Å². The molecule has 0 unspecified atom stereocenters. The van der Waals surface area contributed by atoms with Crippen molar-refractivity contribution in [3.63, 3.8) is 0 Å². The van der Waals surface area contributed by atoms with Gasteiger partial charge in [-0.05, 0) is 47.4 Å². The molecule has 0 radical (unpaired) electrons. The third-order valence-corrected chi connectivity index (χ3v) is 5.56. The molecule has 0 bridgehead atoms. The Bertz CT molecular complexity index is 542. The molecule has 0 saturated carbocycles. The van der Waals surface area contributed by atoms with E-state index in [4.69, 9.17) is 4.74 Å². The van der Waals surface area contributed by atoms with Crippen LogP contribution in [0.2, 0.25) is 0 Å². The van der Waals surface area contributed by atoms with E-state index >= 15 is 0 Å². The smallest absolute Gasteiger partial charge is 0.242 e. The molecule has 0 spiro atoms. The Balaban J connectivity index is 2.23. The lowest BCUT2D eigenvalue weighted by atomic mass is 10.1. The van der Waals surface area contributed by atoms with Crippen LogP contribution in [0, 0.1) is 0 Å². The second-order valence-corrected chi connectivity index (χ2v) is 7.00. The molecular formula is C12H17BrN2O3S. The Labute approximate surface area is 121 Å². The lowest BCUT2D eigenvalue weighted by molar-refractivity contribution is 0.412. The highest BCUT2D eigenvalue weighted by Crippen LogP contribution is 2.26. The first-order chi connectivity index (χ1) is 9.03. The van der Waals surface area contributed by atoms with Gasteiger partial charge < -0.3 is 10.1 Å². The maximum Gasteiger partial charge on any atom is 0.242 e. The average molecular weight is 349 g/mol. The zero-order valence-corrected chi connectivity index (χ0v) is 13.1. The normalized spacial score (nSPS) is 20.2.